The third-order valence-electron chi connectivity index (χ3n) is 2.93. The van der Waals surface area contributed by atoms with Crippen LogP contribution in [0.4, 0.5) is 13.2 Å². The van der Waals surface area contributed by atoms with Gasteiger partial charge in [0.15, 0.2) is 0 Å². The van der Waals surface area contributed by atoms with Crippen LogP contribution in [0.5, 0.6) is 0 Å². The summed E-state index contributed by atoms with van der Waals surface area (Å²) in [5.74, 6) is 0.601. The first kappa shape index (κ1) is 17.0. The van der Waals surface area contributed by atoms with E-state index < -0.39 is 11.7 Å². The van der Waals surface area contributed by atoms with Gasteiger partial charge < -0.3 is 10.2 Å². The van der Waals surface area contributed by atoms with Crippen LogP contribution in [-0.4, -0.2) is 31.6 Å². The van der Waals surface area contributed by atoms with E-state index in [0.29, 0.717) is 18.0 Å². The first-order valence-corrected chi connectivity index (χ1v) is 6.84. The fraction of sp³-hybridized carbons (Fsp3) is 0.600. The first-order chi connectivity index (χ1) is 9.29. The van der Waals surface area contributed by atoms with Gasteiger partial charge in [-0.1, -0.05) is 32.0 Å². The number of hydrogen-bond donors (Lipinski definition) is 1. The molecule has 1 aromatic carbocycles. The van der Waals surface area contributed by atoms with Crippen molar-refractivity contribution in [3.05, 3.63) is 35.4 Å². The third-order valence-corrected chi connectivity index (χ3v) is 2.93. The predicted octanol–water partition coefficient (Wildman–Crippen LogP) is 3.38. The van der Waals surface area contributed by atoms with Crippen LogP contribution in [0.25, 0.3) is 0 Å². The number of rotatable bonds is 7. The molecule has 0 unspecified atom stereocenters. The molecule has 0 saturated carbocycles. The van der Waals surface area contributed by atoms with Crippen LogP contribution in [0.1, 0.15) is 25.0 Å². The molecule has 0 amide bonds. The molecule has 0 radical (unpaired) electrons. The summed E-state index contributed by atoms with van der Waals surface area (Å²) in [6.45, 7) is 7.40. The average Bonchev–Trinajstić information content (AvgIpc) is 2.34. The van der Waals surface area contributed by atoms with Crippen LogP contribution in [0.15, 0.2) is 24.3 Å². The maximum atomic E-state index is 12.6. The Labute approximate surface area is 119 Å². The molecule has 0 saturated heterocycles. The van der Waals surface area contributed by atoms with Gasteiger partial charge in [-0.25, -0.2) is 0 Å². The van der Waals surface area contributed by atoms with E-state index in [9.17, 15) is 13.2 Å². The van der Waals surface area contributed by atoms with Crippen LogP contribution in [0, 0.1) is 5.92 Å². The highest BCUT2D eigenvalue weighted by molar-refractivity contribution is 5.25. The van der Waals surface area contributed by atoms with Crippen molar-refractivity contribution < 1.29 is 13.2 Å². The molecule has 0 spiro atoms. The minimum atomic E-state index is -4.27. The molecule has 20 heavy (non-hydrogen) atoms. The van der Waals surface area contributed by atoms with Crippen LogP contribution < -0.4 is 5.32 Å². The van der Waals surface area contributed by atoms with Gasteiger partial charge in [0.05, 0.1) is 5.56 Å². The highest BCUT2D eigenvalue weighted by Crippen LogP contribution is 2.29. The highest BCUT2D eigenvalue weighted by atomic mass is 19.4. The molecule has 0 aliphatic rings. The van der Waals surface area contributed by atoms with Gasteiger partial charge in [-0.15, -0.1) is 0 Å². The molecule has 1 rings (SSSR count). The van der Waals surface area contributed by atoms with E-state index in [-0.39, 0.29) is 0 Å². The summed E-state index contributed by atoms with van der Waals surface area (Å²) in [4.78, 5) is 2.02. The van der Waals surface area contributed by atoms with Gasteiger partial charge in [0.2, 0.25) is 0 Å². The average molecular weight is 288 g/mol. The second kappa shape index (κ2) is 7.64. The molecule has 114 valence electrons. The predicted molar refractivity (Wildman–Crippen MR) is 75.5 cm³/mol. The van der Waals surface area contributed by atoms with E-state index in [0.717, 1.165) is 25.7 Å². The van der Waals surface area contributed by atoms with Gasteiger partial charge in [-0.3, -0.25) is 0 Å². The van der Waals surface area contributed by atoms with Crippen molar-refractivity contribution in [3.8, 4) is 0 Å². The summed E-state index contributed by atoms with van der Waals surface area (Å²) in [5.41, 5.74) is 0.104. The summed E-state index contributed by atoms with van der Waals surface area (Å²) in [6.07, 6.45) is -4.27. The lowest BCUT2D eigenvalue weighted by atomic mass is 10.1. The van der Waals surface area contributed by atoms with Gasteiger partial charge >= 0.3 is 6.18 Å². The topological polar surface area (TPSA) is 15.3 Å². The summed E-state index contributed by atoms with van der Waals surface area (Å²) >= 11 is 0. The maximum absolute atomic E-state index is 12.6. The zero-order valence-corrected chi connectivity index (χ0v) is 12.3. The Morgan fingerprint density at radius 1 is 1.25 bits per heavy atom. The standard InChI is InChI=1S/C15H23F3N2/c1-12(2)10-19-7-8-20(3)11-13-5-4-6-14(9-13)15(16,17)18/h4-6,9,12,19H,7-8,10-11H2,1-3H3. The molecule has 0 aliphatic heterocycles. The van der Waals surface area contributed by atoms with E-state index in [1.165, 1.54) is 12.1 Å². The Morgan fingerprint density at radius 2 is 1.95 bits per heavy atom. The second-order valence-electron chi connectivity index (χ2n) is 5.53. The Morgan fingerprint density at radius 3 is 2.55 bits per heavy atom. The Hall–Kier alpha value is -1.07. The molecular formula is C15H23F3N2. The van der Waals surface area contributed by atoms with Crippen LogP contribution in [0.3, 0.4) is 0 Å². The smallest absolute Gasteiger partial charge is 0.315 e. The zero-order chi connectivity index (χ0) is 15.2. The Bertz CT molecular complexity index is 402. The lowest BCUT2D eigenvalue weighted by Gasteiger charge is -2.18. The highest BCUT2D eigenvalue weighted by Gasteiger charge is 2.30. The van der Waals surface area contributed by atoms with Crippen molar-refractivity contribution in [2.75, 3.05) is 26.7 Å². The number of hydrogen-bond acceptors (Lipinski definition) is 2. The van der Waals surface area contributed by atoms with Gasteiger partial charge in [-0.05, 0) is 31.1 Å². The van der Waals surface area contributed by atoms with Crippen molar-refractivity contribution in [1.82, 2.24) is 10.2 Å². The Kier molecular flexibility index (Phi) is 6.49. The number of benzene rings is 1. The van der Waals surface area contributed by atoms with E-state index in [2.05, 4.69) is 19.2 Å². The normalized spacial score (nSPS) is 12.4. The Balaban J connectivity index is 2.44. The van der Waals surface area contributed by atoms with Crippen molar-refractivity contribution in [3.63, 3.8) is 0 Å². The summed E-state index contributed by atoms with van der Waals surface area (Å²) in [7, 11) is 1.91. The summed E-state index contributed by atoms with van der Waals surface area (Å²) < 4.78 is 37.8. The minimum absolute atomic E-state index is 0.521. The lowest BCUT2D eigenvalue weighted by Crippen LogP contribution is -2.30. The van der Waals surface area contributed by atoms with Gasteiger partial charge in [0, 0.05) is 19.6 Å². The first-order valence-electron chi connectivity index (χ1n) is 6.84. The van der Waals surface area contributed by atoms with Crippen molar-refractivity contribution in [2.45, 2.75) is 26.6 Å². The van der Waals surface area contributed by atoms with Gasteiger partial charge in [0.1, 0.15) is 0 Å². The number of likely N-dealkylation sites (N-methyl/N-ethyl adjacent to an activating group) is 1. The molecule has 5 heteroatoms. The molecule has 1 aromatic rings. The number of alkyl halides is 3. The monoisotopic (exact) mass is 288 g/mol. The van der Waals surface area contributed by atoms with E-state index in [4.69, 9.17) is 0 Å². The van der Waals surface area contributed by atoms with Crippen LogP contribution in [0.2, 0.25) is 0 Å². The van der Waals surface area contributed by atoms with Gasteiger partial charge in [-0.2, -0.15) is 13.2 Å². The van der Waals surface area contributed by atoms with E-state index in [1.807, 2.05) is 11.9 Å². The molecule has 0 aliphatic carbocycles. The van der Waals surface area contributed by atoms with E-state index >= 15 is 0 Å². The fourth-order valence-corrected chi connectivity index (χ4v) is 1.90. The summed E-state index contributed by atoms with van der Waals surface area (Å²) in [5, 5.41) is 3.32. The summed E-state index contributed by atoms with van der Waals surface area (Å²) in [6, 6.07) is 5.52. The molecule has 0 heterocycles. The largest absolute Gasteiger partial charge is 0.416 e. The molecule has 2 nitrogen and oxygen atoms in total. The minimum Gasteiger partial charge on any atom is -0.315 e. The second-order valence-corrected chi connectivity index (χ2v) is 5.53. The molecular weight excluding hydrogens is 265 g/mol. The SMILES string of the molecule is CC(C)CNCCN(C)Cc1cccc(C(F)(F)F)c1. The number of halogens is 3. The number of nitrogens with one attached hydrogen (secondary N) is 1. The zero-order valence-electron chi connectivity index (χ0n) is 12.3. The van der Waals surface area contributed by atoms with Crippen molar-refractivity contribution in [1.29, 1.82) is 0 Å². The van der Waals surface area contributed by atoms with Crippen molar-refractivity contribution in [2.24, 2.45) is 5.92 Å². The molecule has 0 fully saturated rings. The van der Waals surface area contributed by atoms with Crippen molar-refractivity contribution >= 4 is 0 Å². The third kappa shape index (κ3) is 6.39. The lowest BCUT2D eigenvalue weighted by molar-refractivity contribution is -0.137. The fourth-order valence-electron chi connectivity index (χ4n) is 1.90. The van der Waals surface area contributed by atoms with Crippen LogP contribution in [-0.2, 0) is 12.7 Å². The molecule has 0 bridgehead atoms. The molecule has 1 N–H and O–H groups in total. The van der Waals surface area contributed by atoms with Gasteiger partial charge in [0.25, 0.3) is 0 Å². The molecule has 0 atom stereocenters. The molecule has 0 aromatic heterocycles. The van der Waals surface area contributed by atoms with E-state index in [1.54, 1.807) is 6.07 Å². The quantitative estimate of drug-likeness (QED) is 0.774. The number of nitrogens with zero attached hydrogens (tertiary/aromatic N) is 1. The maximum Gasteiger partial charge on any atom is 0.416 e. The van der Waals surface area contributed by atoms with Crippen LogP contribution >= 0.6 is 0 Å².